The molecule has 0 amide bonds. The van der Waals surface area contributed by atoms with E-state index in [4.69, 9.17) is 11.6 Å². The molecule has 0 saturated heterocycles. The van der Waals surface area contributed by atoms with Gasteiger partial charge in [-0.1, -0.05) is 0 Å². The normalized spacial score (nSPS) is 10.3. The third-order valence-electron chi connectivity index (χ3n) is 1.10. The third-order valence-corrected chi connectivity index (χ3v) is 1.89. The lowest BCUT2D eigenvalue weighted by molar-refractivity contribution is 0.829. The van der Waals surface area contributed by atoms with E-state index in [1.165, 1.54) is 0 Å². The number of hydrogen-bond acceptors (Lipinski definition) is 4. The van der Waals surface area contributed by atoms with Crippen molar-refractivity contribution in [3.05, 3.63) is 22.9 Å². The number of halogens is 1. The molecule has 2 rings (SSSR count). The molecule has 0 N–H and O–H groups in total. The summed E-state index contributed by atoms with van der Waals surface area (Å²) in [4.78, 5) is 3.93. The standard InChI is InChI=1S/C5H3ClN4S/c6-4-8-5(9-11-4)10-3-1-2-7-10/h1-3H. The Balaban J connectivity index is 2.45. The largest absolute Gasteiger partial charge is 0.263 e. The molecule has 6 heteroatoms. The molecule has 0 unspecified atom stereocenters. The molecular weight excluding hydrogens is 184 g/mol. The molecule has 0 aromatic carbocycles. The van der Waals surface area contributed by atoms with Gasteiger partial charge in [0.15, 0.2) is 0 Å². The maximum Gasteiger partial charge on any atom is 0.263 e. The van der Waals surface area contributed by atoms with E-state index in [0.29, 0.717) is 10.4 Å². The second kappa shape index (κ2) is 2.60. The van der Waals surface area contributed by atoms with Gasteiger partial charge in [0.25, 0.3) is 5.95 Å². The molecule has 2 aromatic rings. The van der Waals surface area contributed by atoms with Crippen molar-refractivity contribution >= 4 is 23.1 Å². The second-order valence-corrected chi connectivity index (χ2v) is 3.13. The minimum atomic E-state index is 0.426. The highest BCUT2D eigenvalue weighted by Gasteiger charge is 2.02. The van der Waals surface area contributed by atoms with E-state index in [1.54, 1.807) is 23.1 Å². The van der Waals surface area contributed by atoms with Gasteiger partial charge < -0.3 is 0 Å². The van der Waals surface area contributed by atoms with Gasteiger partial charge >= 0.3 is 0 Å². The number of hydrogen-bond donors (Lipinski definition) is 0. The second-order valence-electron chi connectivity index (χ2n) is 1.80. The van der Waals surface area contributed by atoms with Crippen LogP contribution in [0, 0.1) is 0 Å². The molecule has 0 aliphatic rings. The molecular formula is C5H3ClN4S. The van der Waals surface area contributed by atoms with Gasteiger partial charge in [-0.05, 0) is 17.7 Å². The van der Waals surface area contributed by atoms with Crippen LogP contribution in [-0.4, -0.2) is 19.1 Å². The van der Waals surface area contributed by atoms with Crippen LogP contribution in [0.1, 0.15) is 0 Å². The van der Waals surface area contributed by atoms with Gasteiger partial charge in [0.05, 0.1) is 0 Å². The zero-order chi connectivity index (χ0) is 7.68. The Morgan fingerprint density at radius 1 is 1.55 bits per heavy atom. The molecule has 0 aliphatic heterocycles. The lowest BCUT2D eigenvalue weighted by atomic mass is 10.7. The number of rotatable bonds is 1. The highest BCUT2D eigenvalue weighted by atomic mass is 35.5. The zero-order valence-electron chi connectivity index (χ0n) is 5.31. The third kappa shape index (κ3) is 1.24. The number of nitrogens with zero attached hydrogens (tertiary/aromatic N) is 4. The van der Waals surface area contributed by atoms with Crippen LogP contribution in [-0.2, 0) is 0 Å². The molecule has 0 aliphatic carbocycles. The van der Waals surface area contributed by atoms with E-state index < -0.39 is 0 Å². The summed E-state index contributed by atoms with van der Waals surface area (Å²) < 4.78 is 5.94. The van der Waals surface area contributed by atoms with E-state index in [9.17, 15) is 0 Å². The van der Waals surface area contributed by atoms with Crippen molar-refractivity contribution in [3.8, 4) is 5.95 Å². The quantitative estimate of drug-likeness (QED) is 0.676. The maximum absolute atomic E-state index is 5.58. The summed E-state index contributed by atoms with van der Waals surface area (Å²) in [6.45, 7) is 0. The average molecular weight is 187 g/mol. The SMILES string of the molecule is Clc1nc(-n2cccn2)ns1. The average Bonchev–Trinajstić information content (AvgIpc) is 2.55. The van der Waals surface area contributed by atoms with Gasteiger partial charge in [0.2, 0.25) is 4.47 Å². The molecule has 11 heavy (non-hydrogen) atoms. The first-order valence-electron chi connectivity index (χ1n) is 2.85. The summed E-state index contributed by atoms with van der Waals surface area (Å²) in [7, 11) is 0. The van der Waals surface area contributed by atoms with E-state index in [-0.39, 0.29) is 0 Å². The Kier molecular flexibility index (Phi) is 1.59. The van der Waals surface area contributed by atoms with E-state index in [1.807, 2.05) is 0 Å². The fourth-order valence-corrected chi connectivity index (χ4v) is 1.26. The highest BCUT2D eigenvalue weighted by molar-refractivity contribution is 7.10. The van der Waals surface area contributed by atoms with E-state index in [2.05, 4.69) is 14.5 Å². The Bertz CT molecular complexity index is 341. The first-order chi connectivity index (χ1) is 5.36. The Hall–Kier alpha value is -0.940. The summed E-state index contributed by atoms with van der Waals surface area (Å²) >= 11 is 6.73. The first-order valence-corrected chi connectivity index (χ1v) is 4.00. The van der Waals surface area contributed by atoms with Crippen LogP contribution in [0.2, 0.25) is 4.47 Å². The highest BCUT2D eigenvalue weighted by Crippen LogP contribution is 2.12. The van der Waals surface area contributed by atoms with Crippen molar-refractivity contribution in [3.63, 3.8) is 0 Å². The van der Waals surface area contributed by atoms with Crippen molar-refractivity contribution < 1.29 is 0 Å². The van der Waals surface area contributed by atoms with Gasteiger partial charge in [-0.2, -0.15) is 14.5 Å². The van der Waals surface area contributed by atoms with Crippen LogP contribution in [0.4, 0.5) is 0 Å². The van der Waals surface area contributed by atoms with Crippen LogP contribution >= 0.6 is 23.1 Å². The summed E-state index contributed by atoms with van der Waals surface area (Å²) in [5.74, 6) is 0.519. The molecule has 2 aromatic heterocycles. The summed E-state index contributed by atoms with van der Waals surface area (Å²) in [6.07, 6.45) is 3.42. The predicted molar refractivity (Wildman–Crippen MR) is 42.0 cm³/mol. The molecule has 0 saturated carbocycles. The number of aromatic nitrogens is 4. The van der Waals surface area contributed by atoms with Crippen LogP contribution in [0.5, 0.6) is 0 Å². The Labute approximate surface area is 71.6 Å². The van der Waals surface area contributed by atoms with Crippen LogP contribution < -0.4 is 0 Å². The van der Waals surface area contributed by atoms with Gasteiger partial charge in [0, 0.05) is 23.9 Å². The smallest absolute Gasteiger partial charge is 0.205 e. The molecule has 0 spiro atoms. The lowest BCUT2D eigenvalue weighted by Gasteiger charge is -1.88. The maximum atomic E-state index is 5.58. The van der Waals surface area contributed by atoms with Crippen LogP contribution in [0.15, 0.2) is 18.5 Å². The predicted octanol–water partition coefficient (Wildman–Crippen LogP) is 1.38. The van der Waals surface area contributed by atoms with Crippen molar-refractivity contribution in [1.29, 1.82) is 0 Å². The zero-order valence-corrected chi connectivity index (χ0v) is 6.88. The Morgan fingerprint density at radius 3 is 3.00 bits per heavy atom. The van der Waals surface area contributed by atoms with Gasteiger partial charge in [-0.3, -0.25) is 0 Å². The van der Waals surface area contributed by atoms with Gasteiger partial charge in [-0.15, -0.1) is 0 Å². The molecule has 0 bridgehead atoms. The Morgan fingerprint density at radius 2 is 2.45 bits per heavy atom. The summed E-state index contributed by atoms with van der Waals surface area (Å²) in [5, 5.41) is 3.94. The van der Waals surface area contributed by atoms with Crippen LogP contribution in [0.25, 0.3) is 5.95 Å². The topological polar surface area (TPSA) is 43.6 Å². The molecule has 56 valence electrons. The van der Waals surface area contributed by atoms with Crippen molar-refractivity contribution in [2.45, 2.75) is 0 Å². The minimum Gasteiger partial charge on any atom is -0.205 e. The fraction of sp³-hybridized carbons (Fsp3) is 0. The van der Waals surface area contributed by atoms with Gasteiger partial charge in [0.1, 0.15) is 0 Å². The van der Waals surface area contributed by atoms with Crippen LogP contribution in [0.3, 0.4) is 0 Å². The monoisotopic (exact) mass is 186 g/mol. The summed E-state index contributed by atoms with van der Waals surface area (Å²) in [5.41, 5.74) is 0. The molecule has 0 radical (unpaired) electrons. The molecule has 2 heterocycles. The molecule has 4 nitrogen and oxygen atoms in total. The van der Waals surface area contributed by atoms with Crippen molar-refractivity contribution in [1.82, 2.24) is 19.1 Å². The van der Waals surface area contributed by atoms with E-state index in [0.717, 1.165) is 11.5 Å². The lowest BCUT2D eigenvalue weighted by Crippen LogP contribution is -1.95. The minimum absolute atomic E-state index is 0.426. The van der Waals surface area contributed by atoms with Crippen molar-refractivity contribution in [2.24, 2.45) is 0 Å². The fourth-order valence-electron chi connectivity index (χ4n) is 0.678. The molecule has 0 fully saturated rings. The first kappa shape index (κ1) is 6.75. The van der Waals surface area contributed by atoms with Gasteiger partial charge in [-0.25, -0.2) is 4.68 Å². The summed E-state index contributed by atoms with van der Waals surface area (Å²) in [6, 6.07) is 1.80. The van der Waals surface area contributed by atoms with Crippen molar-refractivity contribution in [2.75, 3.05) is 0 Å². The van der Waals surface area contributed by atoms with E-state index >= 15 is 0 Å². The molecule has 0 atom stereocenters.